The molecule has 0 aliphatic heterocycles. The highest BCUT2D eigenvalue weighted by Gasteiger charge is 2.33. The van der Waals surface area contributed by atoms with Gasteiger partial charge in [-0.25, -0.2) is 0 Å². The Bertz CT molecular complexity index is 658. The lowest BCUT2D eigenvalue weighted by atomic mass is 10.1. The number of nitrogens with one attached hydrogen (secondary N) is 1. The highest BCUT2D eigenvalue weighted by molar-refractivity contribution is 6.06. The molecule has 2 aromatic rings. The molecule has 1 aromatic carbocycles. The number of H-pyrrole nitrogens is 1. The third kappa shape index (κ3) is 2.39. The van der Waals surface area contributed by atoms with Crippen molar-refractivity contribution in [2.75, 3.05) is 6.54 Å². The fraction of sp³-hybridized carbons (Fsp3) is 0.333. The Morgan fingerprint density at radius 2 is 2.10 bits per heavy atom. The van der Waals surface area contributed by atoms with Crippen molar-refractivity contribution in [3.63, 3.8) is 0 Å². The van der Waals surface area contributed by atoms with Gasteiger partial charge in [0.2, 0.25) is 0 Å². The summed E-state index contributed by atoms with van der Waals surface area (Å²) in [5, 5.41) is 9.70. The maximum absolute atomic E-state index is 12.7. The molecule has 0 spiro atoms. The van der Waals surface area contributed by atoms with Crippen molar-refractivity contribution in [2.24, 2.45) is 0 Å². The van der Waals surface area contributed by atoms with Gasteiger partial charge >= 0.3 is 5.97 Å². The molecule has 0 unspecified atom stereocenters. The van der Waals surface area contributed by atoms with E-state index >= 15 is 0 Å². The topological polar surface area (TPSA) is 73.4 Å². The molecule has 5 nitrogen and oxygen atoms in total. The van der Waals surface area contributed by atoms with Crippen LogP contribution in [-0.4, -0.2) is 39.5 Å². The van der Waals surface area contributed by atoms with Crippen LogP contribution in [0, 0.1) is 0 Å². The number of carbonyl (C=O) groups is 2. The first-order chi connectivity index (χ1) is 9.66. The second kappa shape index (κ2) is 5.00. The second-order valence-corrected chi connectivity index (χ2v) is 5.12. The molecule has 1 aliphatic carbocycles. The minimum absolute atomic E-state index is 0.00858. The van der Waals surface area contributed by atoms with Crippen LogP contribution in [0.5, 0.6) is 0 Å². The molecular formula is C15H16N2O3. The molecule has 0 atom stereocenters. The van der Waals surface area contributed by atoms with Crippen molar-refractivity contribution in [1.29, 1.82) is 0 Å². The van der Waals surface area contributed by atoms with Gasteiger partial charge < -0.3 is 15.0 Å². The molecular weight excluding hydrogens is 256 g/mol. The molecule has 5 heteroatoms. The van der Waals surface area contributed by atoms with Crippen molar-refractivity contribution in [2.45, 2.75) is 25.3 Å². The van der Waals surface area contributed by atoms with Gasteiger partial charge in [-0.1, -0.05) is 6.07 Å². The lowest BCUT2D eigenvalue weighted by Gasteiger charge is -2.22. The van der Waals surface area contributed by atoms with Crippen LogP contribution in [-0.2, 0) is 4.79 Å². The van der Waals surface area contributed by atoms with E-state index in [2.05, 4.69) is 4.98 Å². The van der Waals surface area contributed by atoms with Crippen molar-refractivity contribution in [3.05, 3.63) is 36.0 Å². The average Bonchev–Trinajstić information content (AvgIpc) is 3.14. The number of aromatic amines is 1. The molecule has 104 valence electrons. The van der Waals surface area contributed by atoms with Crippen LogP contribution >= 0.6 is 0 Å². The first-order valence-electron chi connectivity index (χ1n) is 6.75. The number of nitrogens with zero attached hydrogens (tertiary/aromatic N) is 1. The van der Waals surface area contributed by atoms with Crippen LogP contribution in [0.1, 0.15) is 29.6 Å². The quantitative estimate of drug-likeness (QED) is 0.876. The van der Waals surface area contributed by atoms with Crippen LogP contribution in [0.2, 0.25) is 0 Å². The van der Waals surface area contributed by atoms with Crippen LogP contribution in [0.25, 0.3) is 10.9 Å². The van der Waals surface area contributed by atoms with Gasteiger partial charge in [0.05, 0.1) is 6.42 Å². The zero-order valence-electron chi connectivity index (χ0n) is 11.0. The highest BCUT2D eigenvalue weighted by atomic mass is 16.4. The van der Waals surface area contributed by atoms with E-state index in [1.807, 2.05) is 18.2 Å². The Morgan fingerprint density at radius 3 is 2.80 bits per heavy atom. The number of carbonyl (C=O) groups excluding carboxylic acids is 1. The summed E-state index contributed by atoms with van der Waals surface area (Å²) in [5.74, 6) is -0.942. The standard InChI is InChI=1S/C15H16N2O3/c18-14(19)7-9-17(10-4-5-10)15(20)12-2-1-3-13-11(12)6-8-16-13/h1-3,6,8,10,16H,4-5,7,9H2,(H,18,19). The number of hydrogen-bond acceptors (Lipinski definition) is 2. The number of aromatic nitrogens is 1. The van der Waals surface area contributed by atoms with E-state index in [1.165, 1.54) is 0 Å². The highest BCUT2D eigenvalue weighted by Crippen LogP contribution is 2.30. The molecule has 2 N–H and O–H groups in total. The number of aliphatic carboxylic acids is 1. The first-order valence-corrected chi connectivity index (χ1v) is 6.75. The smallest absolute Gasteiger partial charge is 0.305 e. The van der Waals surface area contributed by atoms with Gasteiger partial charge in [-0.3, -0.25) is 9.59 Å². The molecule has 0 bridgehead atoms. The van der Waals surface area contributed by atoms with Crippen LogP contribution in [0.4, 0.5) is 0 Å². The Kier molecular flexibility index (Phi) is 3.18. The molecule has 1 aromatic heterocycles. The molecule has 0 saturated heterocycles. The normalized spacial score (nSPS) is 14.4. The zero-order chi connectivity index (χ0) is 14.1. The van der Waals surface area contributed by atoms with Gasteiger partial charge in [-0.05, 0) is 31.0 Å². The summed E-state index contributed by atoms with van der Waals surface area (Å²) < 4.78 is 0. The van der Waals surface area contributed by atoms with Gasteiger partial charge in [-0.15, -0.1) is 0 Å². The monoisotopic (exact) mass is 272 g/mol. The van der Waals surface area contributed by atoms with E-state index in [4.69, 9.17) is 5.11 Å². The Morgan fingerprint density at radius 1 is 1.30 bits per heavy atom. The minimum atomic E-state index is -0.872. The lowest BCUT2D eigenvalue weighted by molar-refractivity contribution is -0.137. The number of fused-ring (bicyclic) bond motifs is 1. The molecule has 3 rings (SSSR count). The number of amides is 1. The van der Waals surface area contributed by atoms with E-state index in [0.29, 0.717) is 5.56 Å². The van der Waals surface area contributed by atoms with Crippen molar-refractivity contribution in [1.82, 2.24) is 9.88 Å². The fourth-order valence-electron chi connectivity index (χ4n) is 2.48. The summed E-state index contributed by atoms with van der Waals surface area (Å²) in [6.45, 7) is 0.277. The Balaban J connectivity index is 1.89. The van der Waals surface area contributed by atoms with Gasteiger partial charge in [0, 0.05) is 35.2 Å². The maximum Gasteiger partial charge on any atom is 0.305 e. The molecule has 20 heavy (non-hydrogen) atoms. The number of carboxylic acid groups (broad SMARTS) is 1. The first kappa shape index (κ1) is 12.7. The number of rotatable bonds is 5. The lowest BCUT2D eigenvalue weighted by Crippen LogP contribution is -2.35. The fourth-order valence-corrected chi connectivity index (χ4v) is 2.48. The van der Waals surface area contributed by atoms with E-state index in [-0.39, 0.29) is 24.9 Å². The van der Waals surface area contributed by atoms with Gasteiger partial charge in [-0.2, -0.15) is 0 Å². The van der Waals surface area contributed by atoms with Gasteiger partial charge in [0.1, 0.15) is 0 Å². The largest absolute Gasteiger partial charge is 0.481 e. The van der Waals surface area contributed by atoms with Gasteiger partial charge in [0.25, 0.3) is 5.91 Å². The molecule has 1 amide bonds. The molecule has 1 fully saturated rings. The second-order valence-electron chi connectivity index (χ2n) is 5.12. The summed E-state index contributed by atoms with van der Waals surface area (Å²) >= 11 is 0. The average molecular weight is 272 g/mol. The predicted octanol–water partition coefficient (Wildman–Crippen LogP) is 2.25. The molecule has 1 heterocycles. The van der Waals surface area contributed by atoms with Crippen molar-refractivity contribution >= 4 is 22.8 Å². The number of benzene rings is 1. The Hall–Kier alpha value is -2.30. The summed E-state index contributed by atoms with van der Waals surface area (Å²) in [5.41, 5.74) is 1.56. The van der Waals surface area contributed by atoms with E-state index in [0.717, 1.165) is 23.7 Å². The summed E-state index contributed by atoms with van der Waals surface area (Å²) in [6.07, 6.45) is 3.73. The van der Waals surface area contributed by atoms with E-state index in [1.54, 1.807) is 17.2 Å². The summed E-state index contributed by atoms with van der Waals surface area (Å²) in [7, 11) is 0. The zero-order valence-corrected chi connectivity index (χ0v) is 11.0. The number of hydrogen-bond donors (Lipinski definition) is 2. The van der Waals surface area contributed by atoms with Crippen molar-refractivity contribution < 1.29 is 14.7 Å². The SMILES string of the molecule is O=C(O)CCN(C(=O)c1cccc2[nH]ccc12)C1CC1. The Labute approximate surface area is 116 Å². The molecule has 0 radical (unpaired) electrons. The van der Waals surface area contributed by atoms with E-state index < -0.39 is 5.97 Å². The van der Waals surface area contributed by atoms with Crippen molar-refractivity contribution in [3.8, 4) is 0 Å². The molecule has 1 saturated carbocycles. The number of carboxylic acids is 1. The third-order valence-corrected chi connectivity index (χ3v) is 3.64. The third-order valence-electron chi connectivity index (χ3n) is 3.64. The van der Waals surface area contributed by atoms with Crippen LogP contribution < -0.4 is 0 Å². The van der Waals surface area contributed by atoms with Gasteiger partial charge in [0.15, 0.2) is 0 Å². The predicted molar refractivity (Wildman–Crippen MR) is 74.6 cm³/mol. The molecule has 1 aliphatic rings. The summed E-state index contributed by atoms with van der Waals surface area (Å²) in [4.78, 5) is 28.2. The van der Waals surface area contributed by atoms with Crippen LogP contribution in [0.15, 0.2) is 30.5 Å². The van der Waals surface area contributed by atoms with E-state index in [9.17, 15) is 9.59 Å². The summed E-state index contributed by atoms with van der Waals surface area (Å²) in [6, 6.07) is 7.65. The minimum Gasteiger partial charge on any atom is -0.481 e. The van der Waals surface area contributed by atoms with Crippen LogP contribution in [0.3, 0.4) is 0 Å². The maximum atomic E-state index is 12.7.